The molecule has 0 amide bonds. The summed E-state index contributed by atoms with van der Waals surface area (Å²) in [6.45, 7) is 2.24. The van der Waals surface area contributed by atoms with Gasteiger partial charge in [-0.15, -0.1) is 0 Å². The Hall–Kier alpha value is -0.370. The summed E-state index contributed by atoms with van der Waals surface area (Å²) in [5, 5.41) is 0. The van der Waals surface area contributed by atoms with Crippen LogP contribution in [0.1, 0.15) is 71.1 Å². The first-order chi connectivity index (χ1) is 8.12. The average Bonchev–Trinajstić information content (AvgIpc) is 2.56. The monoisotopic (exact) mass is 237 g/mol. The molecular weight excluding hydrogens is 210 g/mol. The van der Waals surface area contributed by atoms with E-state index >= 15 is 0 Å². The van der Waals surface area contributed by atoms with E-state index in [2.05, 4.69) is 6.92 Å². The standard InChI is InChI=1S/C15H27NO/c1-12-7-6-10-15(16,11-12)14(17)13-8-4-2-3-5-9-13/h12-13H,2-11,16H2,1H3. The summed E-state index contributed by atoms with van der Waals surface area (Å²) in [6.07, 6.45) is 11.5. The average molecular weight is 237 g/mol. The summed E-state index contributed by atoms with van der Waals surface area (Å²) in [5.74, 6) is 1.29. The van der Waals surface area contributed by atoms with Crippen molar-refractivity contribution in [1.29, 1.82) is 0 Å². The summed E-state index contributed by atoms with van der Waals surface area (Å²) in [7, 11) is 0. The maximum atomic E-state index is 12.6. The molecule has 0 aliphatic heterocycles. The lowest BCUT2D eigenvalue weighted by Crippen LogP contribution is -2.53. The number of nitrogens with two attached hydrogens (primary N) is 1. The molecule has 98 valence electrons. The van der Waals surface area contributed by atoms with Crippen LogP contribution in [0.15, 0.2) is 0 Å². The maximum Gasteiger partial charge on any atom is 0.155 e. The van der Waals surface area contributed by atoms with Gasteiger partial charge in [-0.1, -0.05) is 45.4 Å². The van der Waals surface area contributed by atoms with Gasteiger partial charge in [0.15, 0.2) is 5.78 Å². The van der Waals surface area contributed by atoms with E-state index in [1.165, 1.54) is 32.1 Å². The second kappa shape index (κ2) is 5.51. The van der Waals surface area contributed by atoms with Crippen molar-refractivity contribution in [2.45, 2.75) is 76.7 Å². The highest BCUT2D eigenvalue weighted by Crippen LogP contribution is 2.35. The fourth-order valence-corrected chi connectivity index (χ4v) is 3.76. The maximum absolute atomic E-state index is 12.6. The fraction of sp³-hybridized carbons (Fsp3) is 0.933. The van der Waals surface area contributed by atoms with Gasteiger partial charge in [0.2, 0.25) is 0 Å². The smallest absolute Gasteiger partial charge is 0.155 e. The van der Waals surface area contributed by atoms with Crippen LogP contribution in [0.25, 0.3) is 0 Å². The van der Waals surface area contributed by atoms with Gasteiger partial charge in [-0.05, 0) is 31.6 Å². The Morgan fingerprint density at radius 3 is 2.29 bits per heavy atom. The van der Waals surface area contributed by atoms with Crippen LogP contribution in [-0.4, -0.2) is 11.3 Å². The molecule has 0 aromatic heterocycles. The quantitative estimate of drug-likeness (QED) is 0.748. The van der Waals surface area contributed by atoms with Gasteiger partial charge in [0.05, 0.1) is 5.54 Å². The molecule has 2 heteroatoms. The minimum atomic E-state index is -0.479. The molecule has 2 saturated carbocycles. The lowest BCUT2D eigenvalue weighted by atomic mass is 9.70. The Bertz CT molecular complexity index is 268. The first kappa shape index (κ1) is 13.1. The van der Waals surface area contributed by atoms with Crippen molar-refractivity contribution in [3.8, 4) is 0 Å². The van der Waals surface area contributed by atoms with Crippen molar-refractivity contribution in [2.24, 2.45) is 17.6 Å². The third-order valence-electron chi connectivity index (χ3n) is 4.75. The number of hydrogen-bond acceptors (Lipinski definition) is 2. The van der Waals surface area contributed by atoms with Crippen molar-refractivity contribution >= 4 is 5.78 Å². The van der Waals surface area contributed by atoms with Gasteiger partial charge in [-0.3, -0.25) is 4.79 Å². The summed E-state index contributed by atoms with van der Waals surface area (Å²) >= 11 is 0. The third kappa shape index (κ3) is 3.09. The van der Waals surface area contributed by atoms with Crippen molar-refractivity contribution in [2.75, 3.05) is 0 Å². The predicted molar refractivity (Wildman–Crippen MR) is 70.7 cm³/mol. The molecule has 2 aliphatic rings. The van der Waals surface area contributed by atoms with Crippen LogP contribution in [0.4, 0.5) is 0 Å². The van der Waals surface area contributed by atoms with E-state index < -0.39 is 5.54 Å². The van der Waals surface area contributed by atoms with Gasteiger partial charge < -0.3 is 5.73 Å². The van der Waals surface area contributed by atoms with Gasteiger partial charge in [-0.2, -0.15) is 0 Å². The number of carbonyl (C=O) groups is 1. The van der Waals surface area contributed by atoms with Crippen molar-refractivity contribution in [3.63, 3.8) is 0 Å². The number of rotatable bonds is 2. The summed E-state index contributed by atoms with van der Waals surface area (Å²) in [6, 6.07) is 0. The van der Waals surface area contributed by atoms with Crippen LogP contribution in [0.5, 0.6) is 0 Å². The van der Waals surface area contributed by atoms with E-state index in [9.17, 15) is 4.79 Å². The fourth-order valence-electron chi connectivity index (χ4n) is 3.76. The van der Waals surface area contributed by atoms with E-state index in [-0.39, 0.29) is 5.92 Å². The van der Waals surface area contributed by atoms with Gasteiger partial charge in [0.1, 0.15) is 0 Å². The number of hydrogen-bond donors (Lipinski definition) is 1. The molecule has 0 heterocycles. The van der Waals surface area contributed by atoms with E-state index in [1.54, 1.807) is 0 Å². The molecule has 0 bridgehead atoms. The van der Waals surface area contributed by atoms with Gasteiger partial charge >= 0.3 is 0 Å². The Morgan fingerprint density at radius 1 is 1.06 bits per heavy atom. The van der Waals surface area contributed by atoms with Gasteiger partial charge in [-0.25, -0.2) is 0 Å². The Balaban J connectivity index is 2.01. The summed E-state index contributed by atoms with van der Waals surface area (Å²) in [5.41, 5.74) is 5.95. The Morgan fingerprint density at radius 2 is 1.71 bits per heavy atom. The molecule has 2 aliphatic carbocycles. The van der Waals surface area contributed by atoms with Crippen LogP contribution in [0.3, 0.4) is 0 Å². The van der Waals surface area contributed by atoms with Gasteiger partial charge in [0.25, 0.3) is 0 Å². The molecule has 0 saturated heterocycles. The SMILES string of the molecule is CC1CCCC(N)(C(=O)C2CCCCCC2)C1. The third-order valence-corrected chi connectivity index (χ3v) is 4.75. The molecule has 17 heavy (non-hydrogen) atoms. The highest BCUT2D eigenvalue weighted by Gasteiger charge is 2.40. The van der Waals surface area contributed by atoms with Crippen molar-refractivity contribution in [1.82, 2.24) is 0 Å². The zero-order chi connectivity index (χ0) is 12.3. The molecule has 2 N–H and O–H groups in total. The normalized spacial score (nSPS) is 36.5. The summed E-state index contributed by atoms with van der Waals surface area (Å²) in [4.78, 5) is 12.6. The first-order valence-corrected chi connectivity index (χ1v) is 7.45. The van der Waals surface area contributed by atoms with Crippen LogP contribution >= 0.6 is 0 Å². The van der Waals surface area contributed by atoms with E-state index in [0.29, 0.717) is 11.7 Å². The molecule has 0 aromatic carbocycles. The van der Waals surface area contributed by atoms with E-state index in [0.717, 1.165) is 32.1 Å². The molecule has 0 spiro atoms. The largest absolute Gasteiger partial charge is 0.319 e. The number of ketones is 1. The zero-order valence-corrected chi connectivity index (χ0v) is 11.2. The van der Waals surface area contributed by atoms with Crippen LogP contribution < -0.4 is 5.73 Å². The van der Waals surface area contributed by atoms with E-state index in [1.807, 2.05) is 0 Å². The van der Waals surface area contributed by atoms with Crippen LogP contribution in [0.2, 0.25) is 0 Å². The number of carbonyl (C=O) groups excluding carboxylic acids is 1. The Labute approximate surface area is 105 Å². The minimum absolute atomic E-state index is 0.271. The molecule has 2 unspecified atom stereocenters. The zero-order valence-electron chi connectivity index (χ0n) is 11.2. The lowest BCUT2D eigenvalue weighted by Gasteiger charge is -2.37. The highest BCUT2D eigenvalue weighted by atomic mass is 16.1. The van der Waals surface area contributed by atoms with Crippen LogP contribution in [0, 0.1) is 11.8 Å². The molecule has 2 rings (SSSR count). The molecule has 2 fully saturated rings. The Kier molecular flexibility index (Phi) is 4.24. The topological polar surface area (TPSA) is 43.1 Å². The molecular formula is C15H27NO. The first-order valence-electron chi connectivity index (χ1n) is 7.45. The second-order valence-electron chi connectivity index (χ2n) is 6.41. The number of Topliss-reactive ketones (excluding diaryl/α,β-unsaturated/α-hetero) is 1. The van der Waals surface area contributed by atoms with E-state index in [4.69, 9.17) is 5.73 Å². The lowest BCUT2D eigenvalue weighted by molar-refractivity contribution is -0.130. The predicted octanol–water partition coefficient (Wildman–Crippen LogP) is 3.43. The van der Waals surface area contributed by atoms with Crippen LogP contribution in [-0.2, 0) is 4.79 Å². The molecule has 2 nitrogen and oxygen atoms in total. The summed E-state index contributed by atoms with van der Waals surface area (Å²) < 4.78 is 0. The minimum Gasteiger partial charge on any atom is -0.319 e. The molecule has 0 radical (unpaired) electrons. The molecule has 0 aromatic rings. The highest BCUT2D eigenvalue weighted by molar-refractivity contribution is 5.90. The van der Waals surface area contributed by atoms with Crippen molar-refractivity contribution in [3.05, 3.63) is 0 Å². The second-order valence-corrected chi connectivity index (χ2v) is 6.41. The molecule has 2 atom stereocenters. The van der Waals surface area contributed by atoms with Gasteiger partial charge in [0, 0.05) is 5.92 Å². The van der Waals surface area contributed by atoms with Crippen molar-refractivity contribution < 1.29 is 4.79 Å².